The normalized spacial score (nSPS) is 11.5. The first kappa shape index (κ1) is 16.3. The van der Waals surface area contributed by atoms with E-state index in [9.17, 15) is 0 Å². The fourth-order valence-corrected chi connectivity index (χ4v) is 1.54. The molecule has 0 fully saturated rings. The molecule has 20 heavy (non-hydrogen) atoms. The molecule has 0 spiro atoms. The summed E-state index contributed by atoms with van der Waals surface area (Å²) in [7, 11) is 0. The maximum Gasteiger partial charge on any atom is 0.133 e. The number of rotatable bonds is 0. The average molecular weight is 271 g/mol. The van der Waals surface area contributed by atoms with E-state index in [4.69, 9.17) is 0 Å². The van der Waals surface area contributed by atoms with Crippen molar-refractivity contribution in [2.75, 3.05) is 0 Å². The highest BCUT2D eigenvalue weighted by atomic mass is 14.9. The summed E-state index contributed by atoms with van der Waals surface area (Å²) in [5.74, 6) is 0.898. The highest BCUT2D eigenvalue weighted by Crippen LogP contribution is 2.20. The predicted octanol–water partition coefficient (Wildman–Crippen LogP) is 4.15. The van der Waals surface area contributed by atoms with Crippen LogP contribution in [0.3, 0.4) is 0 Å². The zero-order chi connectivity index (χ0) is 15.2. The Labute approximate surface area is 122 Å². The van der Waals surface area contributed by atoms with E-state index in [0.29, 0.717) is 0 Å². The summed E-state index contributed by atoms with van der Waals surface area (Å²) in [6.45, 7) is 12.9. The smallest absolute Gasteiger partial charge is 0.133 e. The van der Waals surface area contributed by atoms with Crippen LogP contribution in [0.15, 0.2) is 43.0 Å². The number of nitrogens with zero attached hydrogens (tertiary/aromatic N) is 3. The summed E-state index contributed by atoms with van der Waals surface area (Å²) in [4.78, 5) is 12.2. The Kier molecular flexibility index (Phi) is 5.37. The number of aromatic nitrogens is 3. The van der Waals surface area contributed by atoms with Crippen molar-refractivity contribution in [2.45, 2.75) is 52.4 Å². The van der Waals surface area contributed by atoms with Gasteiger partial charge in [-0.1, -0.05) is 41.5 Å². The summed E-state index contributed by atoms with van der Waals surface area (Å²) >= 11 is 0. The second kappa shape index (κ2) is 6.60. The van der Waals surface area contributed by atoms with Crippen LogP contribution in [0.4, 0.5) is 0 Å². The Bertz CT molecular complexity index is 444. The number of hydrogen-bond acceptors (Lipinski definition) is 3. The van der Waals surface area contributed by atoms with E-state index in [1.807, 2.05) is 18.5 Å². The third-order valence-corrected chi connectivity index (χ3v) is 2.78. The number of hydrogen-bond donors (Lipinski definition) is 0. The van der Waals surface area contributed by atoms with Crippen molar-refractivity contribution < 1.29 is 0 Å². The summed E-state index contributed by atoms with van der Waals surface area (Å²) in [6, 6.07) is 5.94. The molecule has 0 aromatic carbocycles. The molecule has 0 radical (unpaired) electrons. The van der Waals surface area contributed by atoms with Gasteiger partial charge in [0.15, 0.2) is 0 Å². The van der Waals surface area contributed by atoms with Crippen LogP contribution >= 0.6 is 0 Å². The van der Waals surface area contributed by atoms with Gasteiger partial charge >= 0.3 is 0 Å². The standard InChI is InChI=1S/C9H13N.C8H12N2/c1-9(2,3)8-4-6-10-7-5-8;1-8(2,3)7-9-5-4-6-10-7/h4-7H,1-3H3;4-6H,1-3H3. The molecule has 0 aliphatic heterocycles. The van der Waals surface area contributed by atoms with Gasteiger partial charge in [0.2, 0.25) is 0 Å². The molecule has 0 saturated heterocycles. The van der Waals surface area contributed by atoms with Crippen molar-refractivity contribution in [1.29, 1.82) is 0 Å². The van der Waals surface area contributed by atoms with Gasteiger partial charge in [-0.2, -0.15) is 0 Å². The quantitative estimate of drug-likeness (QED) is 0.722. The molecule has 0 N–H and O–H groups in total. The van der Waals surface area contributed by atoms with Gasteiger partial charge in [0, 0.05) is 30.2 Å². The average Bonchev–Trinajstić information content (AvgIpc) is 2.40. The van der Waals surface area contributed by atoms with Crippen molar-refractivity contribution in [2.24, 2.45) is 0 Å². The lowest BCUT2D eigenvalue weighted by Crippen LogP contribution is -2.14. The fourth-order valence-electron chi connectivity index (χ4n) is 1.54. The summed E-state index contributed by atoms with van der Waals surface area (Å²) in [5.41, 5.74) is 1.66. The summed E-state index contributed by atoms with van der Waals surface area (Å²) < 4.78 is 0. The topological polar surface area (TPSA) is 38.7 Å². The van der Waals surface area contributed by atoms with Crippen molar-refractivity contribution in [3.05, 3.63) is 54.4 Å². The van der Waals surface area contributed by atoms with E-state index in [0.717, 1.165) is 5.82 Å². The maximum absolute atomic E-state index is 4.14. The van der Waals surface area contributed by atoms with Crippen LogP contribution < -0.4 is 0 Å². The molecule has 108 valence electrons. The minimum atomic E-state index is 0.0707. The van der Waals surface area contributed by atoms with Crippen LogP contribution in [-0.2, 0) is 10.8 Å². The van der Waals surface area contributed by atoms with Gasteiger partial charge in [0.05, 0.1) is 0 Å². The van der Waals surface area contributed by atoms with Gasteiger partial charge in [-0.15, -0.1) is 0 Å². The van der Waals surface area contributed by atoms with Gasteiger partial charge in [0.25, 0.3) is 0 Å². The first-order valence-electron chi connectivity index (χ1n) is 6.89. The Morgan fingerprint density at radius 1 is 0.700 bits per heavy atom. The molecule has 2 rings (SSSR count). The minimum absolute atomic E-state index is 0.0707. The molecule has 2 heterocycles. The van der Waals surface area contributed by atoms with E-state index in [-0.39, 0.29) is 10.8 Å². The second-order valence-corrected chi connectivity index (χ2v) is 6.81. The molecule has 0 amide bonds. The van der Waals surface area contributed by atoms with Crippen LogP contribution in [-0.4, -0.2) is 15.0 Å². The number of pyridine rings is 1. The predicted molar refractivity (Wildman–Crippen MR) is 83.7 cm³/mol. The second-order valence-electron chi connectivity index (χ2n) is 6.81. The van der Waals surface area contributed by atoms with E-state index >= 15 is 0 Å². The summed E-state index contributed by atoms with van der Waals surface area (Å²) in [6.07, 6.45) is 7.21. The largest absolute Gasteiger partial charge is 0.265 e. The molecular weight excluding hydrogens is 246 g/mol. The molecule has 2 aromatic rings. The molecule has 0 atom stereocenters. The third kappa shape index (κ3) is 5.47. The van der Waals surface area contributed by atoms with Crippen LogP contribution in [0, 0.1) is 0 Å². The van der Waals surface area contributed by atoms with Crippen LogP contribution in [0.5, 0.6) is 0 Å². The van der Waals surface area contributed by atoms with E-state index in [2.05, 4.69) is 68.6 Å². The van der Waals surface area contributed by atoms with Gasteiger partial charge in [-0.25, -0.2) is 9.97 Å². The van der Waals surface area contributed by atoms with Crippen LogP contribution in [0.1, 0.15) is 52.9 Å². The Balaban J connectivity index is 0.000000200. The Morgan fingerprint density at radius 3 is 1.50 bits per heavy atom. The highest BCUT2D eigenvalue weighted by Gasteiger charge is 2.15. The lowest BCUT2D eigenvalue weighted by Gasteiger charge is -2.17. The van der Waals surface area contributed by atoms with Gasteiger partial charge in [0.1, 0.15) is 5.82 Å². The van der Waals surface area contributed by atoms with Gasteiger partial charge in [-0.05, 0) is 29.2 Å². The van der Waals surface area contributed by atoms with E-state index in [1.165, 1.54) is 5.56 Å². The van der Waals surface area contributed by atoms with Gasteiger partial charge < -0.3 is 0 Å². The zero-order valence-corrected chi connectivity index (χ0v) is 13.4. The Hall–Kier alpha value is -1.77. The molecule has 0 unspecified atom stereocenters. The van der Waals surface area contributed by atoms with E-state index < -0.39 is 0 Å². The molecule has 0 aliphatic carbocycles. The van der Waals surface area contributed by atoms with Crippen LogP contribution in [0.25, 0.3) is 0 Å². The first-order valence-corrected chi connectivity index (χ1v) is 6.89. The van der Waals surface area contributed by atoms with E-state index in [1.54, 1.807) is 12.4 Å². The monoisotopic (exact) mass is 271 g/mol. The molecule has 2 aromatic heterocycles. The lowest BCUT2D eigenvalue weighted by molar-refractivity contribution is 0.545. The minimum Gasteiger partial charge on any atom is -0.265 e. The highest BCUT2D eigenvalue weighted by molar-refractivity contribution is 5.18. The van der Waals surface area contributed by atoms with Crippen LogP contribution in [0.2, 0.25) is 0 Å². The molecular formula is C17H25N3. The lowest BCUT2D eigenvalue weighted by atomic mass is 9.88. The molecule has 0 aliphatic rings. The molecule has 0 bridgehead atoms. The fraction of sp³-hybridized carbons (Fsp3) is 0.471. The third-order valence-electron chi connectivity index (χ3n) is 2.78. The molecule has 0 saturated carbocycles. The van der Waals surface area contributed by atoms with Crippen molar-refractivity contribution in [1.82, 2.24) is 15.0 Å². The summed E-state index contributed by atoms with van der Waals surface area (Å²) in [5, 5.41) is 0. The van der Waals surface area contributed by atoms with Crippen molar-refractivity contribution in [3.8, 4) is 0 Å². The SMILES string of the molecule is CC(C)(C)c1ccncc1.CC(C)(C)c1ncccn1. The van der Waals surface area contributed by atoms with Crippen molar-refractivity contribution >= 4 is 0 Å². The first-order chi connectivity index (χ1) is 9.21. The van der Waals surface area contributed by atoms with Crippen molar-refractivity contribution in [3.63, 3.8) is 0 Å². The zero-order valence-electron chi connectivity index (χ0n) is 13.4. The maximum atomic E-state index is 4.14. The molecule has 3 nitrogen and oxygen atoms in total. The van der Waals surface area contributed by atoms with Gasteiger partial charge in [-0.3, -0.25) is 4.98 Å². The molecule has 3 heteroatoms. The Morgan fingerprint density at radius 2 is 1.20 bits per heavy atom.